The number of carbonyl (C=O) groups excluding carboxylic acids is 1. The number of nitrogens with zero attached hydrogens (tertiary/aromatic N) is 1. The highest BCUT2D eigenvalue weighted by Gasteiger charge is 2.43. The van der Waals surface area contributed by atoms with Crippen molar-refractivity contribution in [1.29, 1.82) is 0 Å². The van der Waals surface area contributed by atoms with E-state index in [4.69, 9.17) is 5.11 Å². The van der Waals surface area contributed by atoms with Crippen LogP contribution < -0.4 is 0 Å². The molecule has 0 radical (unpaired) electrons. The molecule has 5 heteroatoms. The highest BCUT2D eigenvalue weighted by atomic mass is 19.1. The average Bonchev–Trinajstić information content (AvgIpc) is 2.53. The fourth-order valence-corrected chi connectivity index (χ4v) is 3.34. The molecule has 1 aliphatic carbocycles. The molecular weight excluding hydrogens is 285 g/mol. The van der Waals surface area contributed by atoms with Crippen LogP contribution in [0.15, 0.2) is 24.3 Å². The van der Waals surface area contributed by atoms with Crippen molar-refractivity contribution in [3.63, 3.8) is 0 Å². The summed E-state index contributed by atoms with van der Waals surface area (Å²) < 4.78 is 13.2. The highest BCUT2D eigenvalue weighted by Crippen LogP contribution is 2.41. The predicted octanol–water partition coefficient (Wildman–Crippen LogP) is 2.96. The van der Waals surface area contributed by atoms with Crippen LogP contribution in [0.5, 0.6) is 0 Å². The minimum absolute atomic E-state index is 0.149. The van der Waals surface area contributed by atoms with Crippen LogP contribution in [0.2, 0.25) is 0 Å². The Hall–Kier alpha value is -1.91. The number of carboxylic acids is 1. The standard InChI is InChI=1S/C17H22FNO3/c1-2-19(12-15(20)21)16(22)17(10-4-3-5-11-17)13-6-8-14(18)9-7-13/h6-9H,2-5,10-12H2,1H3,(H,20,21). The van der Waals surface area contributed by atoms with Crippen LogP contribution in [0.4, 0.5) is 4.39 Å². The Bertz CT molecular complexity index is 535. The van der Waals surface area contributed by atoms with Crippen LogP contribution in [-0.2, 0) is 15.0 Å². The monoisotopic (exact) mass is 307 g/mol. The summed E-state index contributed by atoms with van der Waals surface area (Å²) in [6, 6.07) is 6.05. The van der Waals surface area contributed by atoms with Crippen molar-refractivity contribution in [1.82, 2.24) is 4.90 Å². The van der Waals surface area contributed by atoms with Crippen LogP contribution in [0.1, 0.15) is 44.6 Å². The lowest BCUT2D eigenvalue weighted by Gasteiger charge is -2.39. The van der Waals surface area contributed by atoms with Gasteiger partial charge in [-0.2, -0.15) is 0 Å². The van der Waals surface area contributed by atoms with E-state index in [1.165, 1.54) is 17.0 Å². The van der Waals surface area contributed by atoms with Gasteiger partial charge in [0.25, 0.3) is 0 Å². The lowest BCUT2D eigenvalue weighted by atomic mass is 9.68. The molecule has 4 nitrogen and oxygen atoms in total. The van der Waals surface area contributed by atoms with Crippen LogP contribution in [0.25, 0.3) is 0 Å². The molecule has 1 aliphatic rings. The van der Waals surface area contributed by atoms with Crippen molar-refractivity contribution in [2.45, 2.75) is 44.4 Å². The Labute approximate surface area is 129 Å². The molecule has 0 atom stereocenters. The van der Waals surface area contributed by atoms with Gasteiger partial charge in [0.05, 0.1) is 5.41 Å². The van der Waals surface area contributed by atoms with Gasteiger partial charge in [0.1, 0.15) is 12.4 Å². The van der Waals surface area contributed by atoms with E-state index in [1.54, 1.807) is 19.1 Å². The first-order chi connectivity index (χ1) is 10.5. The zero-order valence-electron chi connectivity index (χ0n) is 12.8. The summed E-state index contributed by atoms with van der Waals surface area (Å²) in [5.41, 5.74) is 0.0830. The van der Waals surface area contributed by atoms with Gasteiger partial charge in [0, 0.05) is 6.54 Å². The average molecular weight is 307 g/mol. The van der Waals surface area contributed by atoms with Gasteiger partial charge in [0.15, 0.2) is 0 Å². The van der Waals surface area contributed by atoms with E-state index in [-0.39, 0.29) is 18.3 Å². The van der Waals surface area contributed by atoms with Gasteiger partial charge < -0.3 is 10.0 Å². The van der Waals surface area contributed by atoms with E-state index in [1.807, 2.05) is 0 Å². The summed E-state index contributed by atoms with van der Waals surface area (Å²) in [6.07, 6.45) is 4.30. The van der Waals surface area contributed by atoms with Gasteiger partial charge in [-0.05, 0) is 37.5 Å². The van der Waals surface area contributed by atoms with Crippen molar-refractivity contribution in [3.05, 3.63) is 35.6 Å². The van der Waals surface area contributed by atoms with E-state index in [0.717, 1.165) is 24.8 Å². The largest absolute Gasteiger partial charge is 0.480 e. The number of hydrogen-bond acceptors (Lipinski definition) is 2. The summed E-state index contributed by atoms with van der Waals surface area (Å²) in [6.45, 7) is 1.84. The number of halogens is 1. The summed E-state index contributed by atoms with van der Waals surface area (Å²) in [4.78, 5) is 25.4. The van der Waals surface area contributed by atoms with Gasteiger partial charge in [0.2, 0.25) is 5.91 Å². The third-order valence-corrected chi connectivity index (χ3v) is 4.51. The molecule has 2 rings (SSSR count). The minimum Gasteiger partial charge on any atom is -0.480 e. The second-order valence-electron chi connectivity index (χ2n) is 5.86. The fraction of sp³-hybridized carbons (Fsp3) is 0.529. The number of carboxylic acid groups (broad SMARTS) is 1. The maximum atomic E-state index is 13.2. The van der Waals surface area contributed by atoms with Crippen molar-refractivity contribution in [3.8, 4) is 0 Å². The van der Waals surface area contributed by atoms with Crippen LogP contribution in [0, 0.1) is 5.82 Å². The molecule has 120 valence electrons. The van der Waals surface area contributed by atoms with Gasteiger partial charge in [-0.3, -0.25) is 9.59 Å². The molecule has 1 amide bonds. The number of hydrogen-bond donors (Lipinski definition) is 1. The van der Waals surface area contributed by atoms with E-state index >= 15 is 0 Å². The smallest absolute Gasteiger partial charge is 0.323 e. The quantitative estimate of drug-likeness (QED) is 0.910. The predicted molar refractivity (Wildman–Crippen MR) is 81.1 cm³/mol. The second-order valence-corrected chi connectivity index (χ2v) is 5.86. The number of benzene rings is 1. The van der Waals surface area contributed by atoms with Gasteiger partial charge in [-0.15, -0.1) is 0 Å². The van der Waals surface area contributed by atoms with Crippen molar-refractivity contribution in [2.75, 3.05) is 13.1 Å². The molecule has 0 heterocycles. The van der Waals surface area contributed by atoms with E-state index < -0.39 is 11.4 Å². The zero-order chi connectivity index (χ0) is 16.2. The van der Waals surface area contributed by atoms with Crippen molar-refractivity contribution in [2.24, 2.45) is 0 Å². The molecular formula is C17H22FNO3. The van der Waals surface area contributed by atoms with Crippen molar-refractivity contribution >= 4 is 11.9 Å². The number of likely N-dealkylation sites (N-methyl/N-ethyl adjacent to an activating group) is 1. The van der Waals surface area contributed by atoms with E-state index in [0.29, 0.717) is 19.4 Å². The molecule has 0 spiro atoms. The highest BCUT2D eigenvalue weighted by molar-refractivity contribution is 5.90. The molecule has 0 unspecified atom stereocenters. The Balaban J connectivity index is 2.38. The number of amides is 1. The molecule has 1 saturated carbocycles. The molecule has 22 heavy (non-hydrogen) atoms. The molecule has 1 N–H and O–H groups in total. The summed E-state index contributed by atoms with van der Waals surface area (Å²) in [5.74, 6) is -1.50. The second kappa shape index (κ2) is 6.90. The molecule has 0 aromatic heterocycles. The third-order valence-electron chi connectivity index (χ3n) is 4.51. The van der Waals surface area contributed by atoms with Crippen LogP contribution >= 0.6 is 0 Å². The first-order valence-corrected chi connectivity index (χ1v) is 7.77. The molecule has 0 saturated heterocycles. The topological polar surface area (TPSA) is 57.6 Å². The maximum Gasteiger partial charge on any atom is 0.323 e. The molecule has 1 aromatic carbocycles. The molecule has 1 aromatic rings. The number of carbonyl (C=O) groups is 2. The SMILES string of the molecule is CCN(CC(=O)O)C(=O)C1(c2ccc(F)cc2)CCCCC1. The van der Waals surface area contributed by atoms with Crippen LogP contribution in [0.3, 0.4) is 0 Å². The number of aliphatic carboxylic acids is 1. The van der Waals surface area contributed by atoms with Crippen LogP contribution in [-0.4, -0.2) is 35.0 Å². The summed E-state index contributed by atoms with van der Waals surface area (Å²) in [5, 5.41) is 9.01. The van der Waals surface area contributed by atoms with Gasteiger partial charge in [-0.25, -0.2) is 4.39 Å². The van der Waals surface area contributed by atoms with E-state index in [9.17, 15) is 14.0 Å². The normalized spacial score (nSPS) is 17.0. The first-order valence-electron chi connectivity index (χ1n) is 7.77. The first kappa shape index (κ1) is 16.5. The third kappa shape index (κ3) is 3.29. The number of rotatable bonds is 5. The Morgan fingerprint density at radius 3 is 2.27 bits per heavy atom. The fourth-order valence-electron chi connectivity index (χ4n) is 3.34. The molecule has 1 fully saturated rings. The Kier molecular flexibility index (Phi) is 5.16. The maximum absolute atomic E-state index is 13.2. The lowest BCUT2D eigenvalue weighted by Crippen LogP contribution is -2.49. The lowest BCUT2D eigenvalue weighted by molar-refractivity contribution is -0.147. The zero-order valence-corrected chi connectivity index (χ0v) is 12.8. The summed E-state index contributed by atoms with van der Waals surface area (Å²) >= 11 is 0. The van der Waals surface area contributed by atoms with Gasteiger partial charge >= 0.3 is 5.97 Å². The minimum atomic E-state index is -1.01. The summed E-state index contributed by atoms with van der Waals surface area (Å²) in [7, 11) is 0. The molecule has 0 bridgehead atoms. The van der Waals surface area contributed by atoms with Crippen molar-refractivity contribution < 1.29 is 19.1 Å². The Morgan fingerprint density at radius 2 is 1.77 bits per heavy atom. The molecule has 0 aliphatic heterocycles. The Morgan fingerprint density at radius 1 is 1.18 bits per heavy atom. The van der Waals surface area contributed by atoms with E-state index in [2.05, 4.69) is 0 Å². The van der Waals surface area contributed by atoms with Gasteiger partial charge in [-0.1, -0.05) is 31.4 Å².